The van der Waals surface area contributed by atoms with Gasteiger partial charge in [0.15, 0.2) is 5.65 Å². The van der Waals surface area contributed by atoms with Crippen molar-refractivity contribution in [3.63, 3.8) is 0 Å². The van der Waals surface area contributed by atoms with Crippen LogP contribution in [0.5, 0.6) is 0 Å². The highest BCUT2D eigenvalue weighted by molar-refractivity contribution is 6.33. The number of fused-ring (bicyclic) bond motifs is 3. The molecule has 0 spiro atoms. The molecule has 0 aliphatic carbocycles. The van der Waals surface area contributed by atoms with E-state index in [9.17, 15) is 0 Å². The van der Waals surface area contributed by atoms with E-state index in [1.165, 1.54) is 11.4 Å². The second-order valence-electron chi connectivity index (χ2n) is 4.17. The fraction of sp³-hybridized carbons (Fsp3) is 0.417. The quantitative estimate of drug-likeness (QED) is 0.757. The van der Waals surface area contributed by atoms with Gasteiger partial charge in [-0.1, -0.05) is 18.5 Å². The van der Waals surface area contributed by atoms with Crippen LogP contribution in [0.25, 0.3) is 5.65 Å². The van der Waals surface area contributed by atoms with E-state index in [-0.39, 0.29) is 0 Å². The molecule has 0 atom stereocenters. The zero-order chi connectivity index (χ0) is 11.1. The van der Waals surface area contributed by atoms with Gasteiger partial charge in [0.05, 0.1) is 10.7 Å². The van der Waals surface area contributed by atoms with Crippen LogP contribution in [0.1, 0.15) is 18.3 Å². The lowest BCUT2D eigenvalue weighted by atomic mass is 10.1. The summed E-state index contributed by atoms with van der Waals surface area (Å²) in [6.45, 7) is 5.34. The highest BCUT2D eigenvalue weighted by atomic mass is 35.5. The van der Waals surface area contributed by atoms with Crippen molar-refractivity contribution in [2.24, 2.45) is 0 Å². The van der Waals surface area contributed by atoms with E-state index in [2.05, 4.69) is 27.4 Å². The SMILES string of the molecule is CCN1CCc2c(nc3c(Cl)cccn23)C1. The van der Waals surface area contributed by atoms with Crippen LogP contribution in [0.4, 0.5) is 0 Å². The summed E-state index contributed by atoms with van der Waals surface area (Å²) in [7, 11) is 0. The first-order valence-electron chi connectivity index (χ1n) is 5.66. The molecular weight excluding hydrogens is 222 g/mol. The van der Waals surface area contributed by atoms with Gasteiger partial charge in [-0.2, -0.15) is 0 Å². The second kappa shape index (κ2) is 3.75. The molecule has 1 aliphatic heterocycles. The van der Waals surface area contributed by atoms with Crippen molar-refractivity contribution >= 4 is 17.2 Å². The van der Waals surface area contributed by atoms with Crippen LogP contribution in [-0.2, 0) is 13.0 Å². The van der Waals surface area contributed by atoms with Gasteiger partial charge >= 0.3 is 0 Å². The average Bonchev–Trinajstić information content (AvgIpc) is 2.68. The lowest BCUT2D eigenvalue weighted by molar-refractivity contribution is 0.263. The third-order valence-corrected chi connectivity index (χ3v) is 3.56. The molecule has 0 bridgehead atoms. The molecule has 4 heteroatoms. The van der Waals surface area contributed by atoms with Gasteiger partial charge in [-0.25, -0.2) is 4.98 Å². The zero-order valence-electron chi connectivity index (χ0n) is 9.28. The van der Waals surface area contributed by atoms with E-state index < -0.39 is 0 Å². The normalized spacial score (nSPS) is 16.6. The minimum absolute atomic E-state index is 0.736. The number of nitrogens with zero attached hydrogens (tertiary/aromatic N) is 3. The van der Waals surface area contributed by atoms with E-state index >= 15 is 0 Å². The van der Waals surface area contributed by atoms with E-state index in [0.717, 1.165) is 36.7 Å². The Morgan fingerprint density at radius 2 is 2.38 bits per heavy atom. The Morgan fingerprint density at radius 3 is 3.19 bits per heavy atom. The van der Waals surface area contributed by atoms with Crippen molar-refractivity contribution in [2.75, 3.05) is 13.1 Å². The Morgan fingerprint density at radius 1 is 1.50 bits per heavy atom. The molecule has 16 heavy (non-hydrogen) atoms. The molecule has 2 aromatic rings. The largest absolute Gasteiger partial charge is 0.302 e. The van der Waals surface area contributed by atoms with Gasteiger partial charge in [-0.15, -0.1) is 0 Å². The maximum Gasteiger partial charge on any atom is 0.156 e. The predicted octanol–water partition coefficient (Wildman–Crippen LogP) is 2.37. The lowest BCUT2D eigenvalue weighted by Crippen LogP contribution is -2.30. The topological polar surface area (TPSA) is 20.5 Å². The van der Waals surface area contributed by atoms with Crippen LogP contribution in [0.15, 0.2) is 18.3 Å². The first-order valence-corrected chi connectivity index (χ1v) is 6.04. The van der Waals surface area contributed by atoms with E-state index in [1.807, 2.05) is 12.1 Å². The third kappa shape index (κ3) is 1.43. The Balaban J connectivity index is 2.16. The van der Waals surface area contributed by atoms with E-state index in [0.29, 0.717) is 0 Å². The summed E-state index contributed by atoms with van der Waals surface area (Å²) in [5, 5.41) is 0.736. The van der Waals surface area contributed by atoms with Gasteiger partial charge in [0.1, 0.15) is 0 Å². The number of aromatic nitrogens is 2. The Hall–Kier alpha value is -1.06. The maximum absolute atomic E-state index is 6.15. The van der Waals surface area contributed by atoms with E-state index in [1.54, 1.807) is 0 Å². The summed E-state index contributed by atoms with van der Waals surface area (Å²) in [6, 6.07) is 3.87. The molecule has 0 N–H and O–H groups in total. The molecule has 0 amide bonds. The van der Waals surface area contributed by atoms with Crippen molar-refractivity contribution in [2.45, 2.75) is 19.9 Å². The summed E-state index contributed by atoms with van der Waals surface area (Å²) in [6.07, 6.45) is 3.11. The smallest absolute Gasteiger partial charge is 0.156 e. The van der Waals surface area contributed by atoms with Crippen LogP contribution < -0.4 is 0 Å². The molecule has 0 unspecified atom stereocenters. The van der Waals surface area contributed by atoms with Crippen molar-refractivity contribution in [1.82, 2.24) is 14.3 Å². The number of rotatable bonds is 1. The van der Waals surface area contributed by atoms with Crippen molar-refractivity contribution in [3.05, 3.63) is 34.7 Å². The predicted molar refractivity (Wildman–Crippen MR) is 64.9 cm³/mol. The molecule has 3 nitrogen and oxygen atoms in total. The Labute approximate surface area is 99.7 Å². The third-order valence-electron chi connectivity index (χ3n) is 3.27. The Kier molecular flexibility index (Phi) is 2.37. The fourth-order valence-corrected chi connectivity index (χ4v) is 2.55. The average molecular weight is 236 g/mol. The number of hydrogen-bond donors (Lipinski definition) is 0. The van der Waals surface area contributed by atoms with Crippen LogP contribution in [0, 0.1) is 0 Å². The molecule has 3 rings (SSSR count). The van der Waals surface area contributed by atoms with Crippen LogP contribution >= 0.6 is 11.6 Å². The second-order valence-corrected chi connectivity index (χ2v) is 4.58. The van der Waals surface area contributed by atoms with Gasteiger partial charge in [0, 0.05) is 31.4 Å². The number of likely N-dealkylation sites (N-methyl/N-ethyl adjacent to an activating group) is 1. The molecule has 1 aliphatic rings. The molecule has 0 saturated carbocycles. The van der Waals surface area contributed by atoms with Gasteiger partial charge in [-0.05, 0) is 18.7 Å². The number of halogens is 1. The molecule has 0 aromatic carbocycles. The minimum atomic E-state index is 0.736. The first kappa shape index (κ1) is 10.1. The summed E-state index contributed by atoms with van der Waals surface area (Å²) in [5.41, 5.74) is 3.40. The van der Waals surface area contributed by atoms with Gasteiger partial charge in [0.2, 0.25) is 0 Å². The van der Waals surface area contributed by atoms with Crippen LogP contribution in [-0.4, -0.2) is 27.4 Å². The van der Waals surface area contributed by atoms with Crippen molar-refractivity contribution < 1.29 is 0 Å². The molecule has 0 saturated heterocycles. The number of hydrogen-bond acceptors (Lipinski definition) is 2. The fourth-order valence-electron chi connectivity index (χ4n) is 2.35. The zero-order valence-corrected chi connectivity index (χ0v) is 10.0. The lowest BCUT2D eigenvalue weighted by Gasteiger charge is -2.24. The molecule has 0 radical (unpaired) electrons. The first-order chi connectivity index (χ1) is 7.79. The maximum atomic E-state index is 6.15. The molecule has 3 heterocycles. The van der Waals surface area contributed by atoms with Crippen LogP contribution in [0.2, 0.25) is 5.02 Å². The molecule has 84 valence electrons. The minimum Gasteiger partial charge on any atom is -0.302 e. The van der Waals surface area contributed by atoms with Crippen molar-refractivity contribution in [1.29, 1.82) is 0 Å². The van der Waals surface area contributed by atoms with Crippen LogP contribution in [0.3, 0.4) is 0 Å². The summed E-state index contributed by atoms with van der Waals surface area (Å²) < 4.78 is 2.13. The molecule has 0 fully saturated rings. The highest BCUT2D eigenvalue weighted by Gasteiger charge is 2.20. The van der Waals surface area contributed by atoms with Gasteiger partial charge < -0.3 is 4.40 Å². The summed E-state index contributed by atoms with van der Waals surface area (Å²) in [4.78, 5) is 7.05. The van der Waals surface area contributed by atoms with Crippen molar-refractivity contribution in [3.8, 4) is 0 Å². The summed E-state index contributed by atoms with van der Waals surface area (Å²) >= 11 is 6.15. The van der Waals surface area contributed by atoms with E-state index in [4.69, 9.17) is 11.6 Å². The monoisotopic (exact) mass is 235 g/mol. The number of pyridine rings is 1. The summed E-state index contributed by atoms with van der Waals surface area (Å²) in [5.74, 6) is 0. The number of imidazole rings is 1. The standard InChI is InChI=1S/C12H14ClN3/c1-2-15-7-5-11-10(8-15)14-12-9(13)4-3-6-16(11)12/h3-4,6H,2,5,7-8H2,1H3. The highest BCUT2D eigenvalue weighted by Crippen LogP contribution is 2.24. The molecule has 2 aromatic heterocycles. The van der Waals surface area contributed by atoms with Gasteiger partial charge in [0.25, 0.3) is 0 Å². The molecular formula is C12H14ClN3. The Bertz CT molecular complexity index is 532. The van der Waals surface area contributed by atoms with Gasteiger partial charge in [-0.3, -0.25) is 4.90 Å².